The molecule has 25 heavy (non-hydrogen) atoms. The molecule has 150 valence electrons. The van der Waals surface area contributed by atoms with Crippen LogP contribution in [0.5, 0.6) is 0 Å². The monoisotopic (exact) mass is 360 g/mol. The highest BCUT2D eigenvalue weighted by Gasteiger charge is 2.10. The molecular weight excluding hydrogens is 320 g/mol. The number of carbonyl (C=O) groups is 2. The van der Waals surface area contributed by atoms with Gasteiger partial charge in [-0.15, -0.1) is 0 Å². The van der Waals surface area contributed by atoms with Gasteiger partial charge in [-0.05, 0) is 12.8 Å². The first-order chi connectivity index (χ1) is 11.9. The molecule has 0 radical (unpaired) electrons. The van der Waals surface area contributed by atoms with Gasteiger partial charge in [0.15, 0.2) is 0 Å². The Morgan fingerprint density at radius 1 is 0.640 bits per heavy atom. The predicted octanol–water partition coefficient (Wildman–Crippen LogP) is 3.91. The number of aliphatic carboxylic acids is 2. The van der Waals surface area contributed by atoms with Crippen molar-refractivity contribution in [3.8, 4) is 0 Å². The SMILES string of the molecule is CCCCCCCC(N)C(=O)O.CCCCCCCCC(N)C(=O)O. The Morgan fingerprint density at radius 2 is 0.920 bits per heavy atom. The number of unbranched alkanes of at least 4 members (excludes halogenated alkanes) is 9. The van der Waals surface area contributed by atoms with Crippen molar-refractivity contribution in [3.63, 3.8) is 0 Å². The van der Waals surface area contributed by atoms with E-state index in [-0.39, 0.29) is 0 Å². The van der Waals surface area contributed by atoms with Gasteiger partial charge in [-0.2, -0.15) is 0 Å². The Balaban J connectivity index is 0. The summed E-state index contributed by atoms with van der Waals surface area (Å²) in [4.78, 5) is 20.6. The molecule has 0 amide bonds. The van der Waals surface area contributed by atoms with Gasteiger partial charge in [-0.25, -0.2) is 0 Å². The maximum absolute atomic E-state index is 10.3. The van der Waals surface area contributed by atoms with E-state index in [1.54, 1.807) is 0 Å². The van der Waals surface area contributed by atoms with Crippen molar-refractivity contribution in [2.24, 2.45) is 11.5 Å². The topological polar surface area (TPSA) is 127 Å². The van der Waals surface area contributed by atoms with Crippen LogP contribution in [0.4, 0.5) is 0 Å². The molecule has 0 aromatic heterocycles. The summed E-state index contributed by atoms with van der Waals surface area (Å²) in [5.74, 6) is -1.76. The Kier molecular flexibility index (Phi) is 20.0. The van der Waals surface area contributed by atoms with Gasteiger partial charge < -0.3 is 21.7 Å². The minimum atomic E-state index is -0.884. The smallest absolute Gasteiger partial charge is 0.320 e. The third-order valence-electron chi connectivity index (χ3n) is 4.12. The second-order valence-electron chi connectivity index (χ2n) is 6.65. The van der Waals surface area contributed by atoms with Crippen molar-refractivity contribution in [1.82, 2.24) is 0 Å². The summed E-state index contributed by atoms with van der Waals surface area (Å²) in [6.07, 6.45) is 14.0. The number of rotatable bonds is 15. The van der Waals surface area contributed by atoms with Crippen LogP contribution in [-0.2, 0) is 9.59 Å². The van der Waals surface area contributed by atoms with E-state index in [0.717, 1.165) is 25.7 Å². The van der Waals surface area contributed by atoms with Crippen LogP contribution in [0, 0.1) is 0 Å². The summed E-state index contributed by atoms with van der Waals surface area (Å²) in [7, 11) is 0. The predicted molar refractivity (Wildman–Crippen MR) is 103 cm³/mol. The molecule has 0 spiro atoms. The van der Waals surface area contributed by atoms with Gasteiger partial charge in [-0.3, -0.25) is 9.59 Å². The van der Waals surface area contributed by atoms with E-state index in [9.17, 15) is 9.59 Å². The molecule has 0 aromatic rings. The Morgan fingerprint density at radius 3 is 1.20 bits per heavy atom. The zero-order valence-electron chi connectivity index (χ0n) is 16.2. The molecule has 0 rings (SSSR count). The van der Waals surface area contributed by atoms with Crippen molar-refractivity contribution in [3.05, 3.63) is 0 Å². The van der Waals surface area contributed by atoms with Crippen LogP contribution < -0.4 is 11.5 Å². The summed E-state index contributed by atoms with van der Waals surface area (Å²) in [6, 6.07) is -1.32. The first-order valence-electron chi connectivity index (χ1n) is 9.83. The van der Waals surface area contributed by atoms with Crippen LogP contribution in [0.2, 0.25) is 0 Å². The lowest BCUT2D eigenvalue weighted by Crippen LogP contribution is -2.29. The third kappa shape index (κ3) is 20.8. The van der Waals surface area contributed by atoms with E-state index < -0.39 is 24.0 Å². The number of nitrogens with two attached hydrogens (primary N) is 2. The van der Waals surface area contributed by atoms with E-state index in [4.69, 9.17) is 21.7 Å². The first-order valence-corrected chi connectivity index (χ1v) is 9.83. The zero-order valence-corrected chi connectivity index (χ0v) is 16.2. The van der Waals surface area contributed by atoms with E-state index in [1.807, 2.05) is 0 Å². The zero-order chi connectivity index (χ0) is 19.5. The summed E-state index contributed by atoms with van der Waals surface area (Å²) in [5.41, 5.74) is 10.7. The Bertz CT molecular complexity index is 325. The van der Waals surface area contributed by atoms with Crippen molar-refractivity contribution in [2.45, 2.75) is 109 Å². The molecule has 0 bridgehead atoms. The highest BCUT2D eigenvalue weighted by molar-refractivity contribution is 5.73. The Hall–Kier alpha value is -1.14. The highest BCUT2D eigenvalue weighted by Crippen LogP contribution is 2.08. The molecule has 0 heterocycles. The average Bonchev–Trinajstić information content (AvgIpc) is 2.57. The maximum Gasteiger partial charge on any atom is 0.320 e. The van der Waals surface area contributed by atoms with E-state index in [1.165, 1.54) is 44.9 Å². The number of carboxylic acid groups (broad SMARTS) is 2. The first kappa shape index (κ1) is 26.1. The molecule has 0 aliphatic rings. The highest BCUT2D eigenvalue weighted by atomic mass is 16.4. The number of carboxylic acids is 2. The fourth-order valence-electron chi connectivity index (χ4n) is 2.36. The van der Waals surface area contributed by atoms with Crippen molar-refractivity contribution >= 4 is 11.9 Å². The number of hydrogen-bond donors (Lipinski definition) is 4. The molecule has 0 aliphatic heterocycles. The van der Waals surface area contributed by atoms with Crippen LogP contribution in [0.1, 0.15) is 97.3 Å². The summed E-state index contributed by atoms with van der Waals surface area (Å²) >= 11 is 0. The molecule has 2 atom stereocenters. The number of hydrogen-bond acceptors (Lipinski definition) is 4. The van der Waals surface area contributed by atoms with Gasteiger partial charge in [0.05, 0.1) is 0 Å². The van der Waals surface area contributed by atoms with Crippen LogP contribution in [0.3, 0.4) is 0 Å². The quantitative estimate of drug-likeness (QED) is 0.328. The lowest BCUT2D eigenvalue weighted by Gasteiger charge is -2.05. The lowest BCUT2D eigenvalue weighted by molar-refractivity contribution is -0.139. The lowest BCUT2D eigenvalue weighted by atomic mass is 10.1. The molecule has 6 heteroatoms. The van der Waals surface area contributed by atoms with Gasteiger partial charge in [0, 0.05) is 0 Å². The normalized spacial score (nSPS) is 12.8. The van der Waals surface area contributed by atoms with E-state index >= 15 is 0 Å². The molecule has 0 fully saturated rings. The second-order valence-corrected chi connectivity index (χ2v) is 6.65. The molecule has 6 nitrogen and oxygen atoms in total. The molecule has 2 unspecified atom stereocenters. The van der Waals surface area contributed by atoms with Crippen molar-refractivity contribution < 1.29 is 19.8 Å². The molecular formula is C19H40N2O4. The van der Waals surface area contributed by atoms with Crippen LogP contribution in [0.15, 0.2) is 0 Å². The fraction of sp³-hybridized carbons (Fsp3) is 0.895. The van der Waals surface area contributed by atoms with Crippen molar-refractivity contribution in [1.29, 1.82) is 0 Å². The molecule has 0 saturated carbocycles. The van der Waals surface area contributed by atoms with Gasteiger partial charge >= 0.3 is 11.9 Å². The largest absolute Gasteiger partial charge is 0.480 e. The van der Waals surface area contributed by atoms with Gasteiger partial charge in [0.25, 0.3) is 0 Å². The average molecular weight is 361 g/mol. The minimum Gasteiger partial charge on any atom is -0.480 e. The molecule has 0 aliphatic carbocycles. The fourth-order valence-corrected chi connectivity index (χ4v) is 2.36. The molecule has 0 saturated heterocycles. The second kappa shape index (κ2) is 19.2. The molecule has 6 N–H and O–H groups in total. The van der Waals surface area contributed by atoms with Crippen LogP contribution >= 0.6 is 0 Å². The van der Waals surface area contributed by atoms with Crippen molar-refractivity contribution in [2.75, 3.05) is 0 Å². The standard InChI is InChI=1S/C10H21NO2.C9H19NO2/c1-2-3-4-5-6-7-8-9(11)10(12)13;1-2-3-4-5-6-7-8(10)9(11)12/h9H,2-8,11H2,1H3,(H,12,13);8H,2-7,10H2,1H3,(H,11,12). The minimum absolute atomic E-state index is 0.610. The van der Waals surface area contributed by atoms with E-state index in [2.05, 4.69) is 13.8 Å². The van der Waals surface area contributed by atoms with Gasteiger partial charge in [0.2, 0.25) is 0 Å². The maximum atomic E-state index is 10.3. The van der Waals surface area contributed by atoms with Gasteiger partial charge in [-0.1, -0.05) is 84.5 Å². The van der Waals surface area contributed by atoms with E-state index in [0.29, 0.717) is 12.8 Å². The van der Waals surface area contributed by atoms with Crippen LogP contribution in [0.25, 0.3) is 0 Å². The van der Waals surface area contributed by atoms with Crippen LogP contribution in [-0.4, -0.2) is 34.2 Å². The third-order valence-corrected chi connectivity index (χ3v) is 4.12. The summed E-state index contributed by atoms with van der Waals surface area (Å²) < 4.78 is 0. The van der Waals surface area contributed by atoms with Gasteiger partial charge in [0.1, 0.15) is 12.1 Å². The summed E-state index contributed by atoms with van der Waals surface area (Å²) in [5, 5.41) is 17.0. The molecule has 0 aromatic carbocycles. The Labute approximate surface area is 153 Å². The summed E-state index contributed by atoms with van der Waals surface area (Å²) in [6.45, 7) is 4.34.